The third-order valence-electron chi connectivity index (χ3n) is 8.88. The Balaban J connectivity index is 1.85. The van der Waals surface area contributed by atoms with E-state index < -0.39 is 0 Å². The molecule has 192 valence electrons. The molecule has 0 N–H and O–H groups in total. The zero-order valence-electron chi connectivity index (χ0n) is 23.3. The van der Waals surface area contributed by atoms with E-state index in [2.05, 4.69) is 76.3 Å². The molecule has 1 unspecified atom stereocenters. The van der Waals surface area contributed by atoms with Crippen molar-refractivity contribution in [1.82, 2.24) is 0 Å². The maximum Gasteiger partial charge on any atom is 0.0489 e. The summed E-state index contributed by atoms with van der Waals surface area (Å²) in [5.74, 6) is 0. The summed E-state index contributed by atoms with van der Waals surface area (Å²) in [6.07, 6.45) is 22.2. The molecule has 0 fully saturated rings. The maximum atomic E-state index is 2.66. The molecule has 2 heteroatoms. The first-order valence-electron chi connectivity index (χ1n) is 14.7. The van der Waals surface area contributed by atoms with Crippen LogP contribution in [0.2, 0.25) is 0 Å². The minimum absolute atomic E-state index is 0.217. The number of fused-ring (bicyclic) bond motifs is 3. The highest BCUT2D eigenvalue weighted by Gasteiger charge is 2.55. The second kappa shape index (κ2) is 13.1. The second-order valence-electron chi connectivity index (χ2n) is 11.4. The average molecular weight is 501 g/mol. The normalized spacial score (nSPS) is 15.9. The Bertz CT molecular complexity index is 823. The van der Waals surface area contributed by atoms with E-state index in [1.54, 1.807) is 20.9 Å². The van der Waals surface area contributed by atoms with Crippen molar-refractivity contribution in [1.29, 1.82) is 0 Å². The van der Waals surface area contributed by atoms with E-state index in [9.17, 15) is 0 Å². The first-order chi connectivity index (χ1) is 16.4. The maximum absolute atomic E-state index is 2.66. The van der Waals surface area contributed by atoms with Crippen LogP contribution in [0.15, 0.2) is 12.1 Å². The smallest absolute Gasteiger partial charge is 0.0489 e. The van der Waals surface area contributed by atoms with Gasteiger partial charge in [-0.25, -0.2) is 0 Å². The summed E-state index contributed by atoms with van der Waals surface area (Å²) in [5, 5.41) is 0. The van der Waals surface area contributed by atoms with Crippen molar-refractivity contribution < 1.29 is 0 Å². The molecule has 1 aliphatic rings. The third kappa shape index (κ3) is 5.86. The van der Waals surface area contributed by atoms with Crippen molar-refractivity contribution in [3.63, 3.8) is 0 Å². The van der Waals surface area contributed by atoms with Crippen molar-refractivity contribution >= 4 is 22.7 Å². The van der Waals surface area contributed by atoms with Gasteiger partial charge in [0.05, 0.1) is 0 Å². The van der Waals surface area contributed by atoms with Crippen molar-refractivity contribution in [3.05, 3.63) is 33.0 Å². The molecule has 3 rings (SSSR count). The van der Waals surface area contributed by atoms with E-state index in [0.29, 0.717) is 5.41 Å². The average Bonchev–Trinajstić information content (AvgIpc) is 3.45. The lowest BCUT2D eigenvalue weighted by molar-refractivity contribution is 0.135. The van der Waals surface area contributed by atoms with E-state index in [4.69, 9.17) is 0 Å². The van der Waals surface area contributed by atoms with Gasteiger partial charge in [0, 0.05) is 24.9 Å². The van der Waals surface area contributed by atoms with Crippen LogP contribution in [0.1, 0.15) is 151 Å². The van der Waals surface area contributed by atoms with Crippen molar-refractivity contribution in [2.45, 2.75) is 150 Å². The van der Waals surface area contributed by atoms with Gasteiger partial charge < -0.3 is 0 Å². The molecule has 1 atom stereocenters. The molecule has 2 heterocycles. The van der Waals surface area contributed by atoms with E-state index in [1.807, 2.05) is 0 Å². The fourth-order valence-electron chi connectivity index (χ4n) is 6.70. The Morgan fingerprint density at radius 1 is 0.647 bits per heavy atom. The van der Waals surface area contributed by atoms with Gasteiger partial charge in [0.25, 0.3) is 0 Å². The fourth-order valence-corrected chi connectivity index (χ4v) is 9.04. The van der Waals surface area contributed by atoms with Gasteiger partial charge in [-0.15, -0.1) is 22.7 Å². The zero-order valence-corrected chi connectivity index (χ0v) is 24.9. The molecule has 0 amide bonds. The van der Waals surface area contributed by atoms with Crippen molar-refractivity contribution in [2.75, 3.05) is 0 Å². The van der Waals surface area contributed by atoms with Crippen LogP contribution in [-0.2, 0) is 5.41 Å². The van der Waals surface area contributed by atoms with Gasteiger partial charge in [-0.3, -0.25) is 0 Å². The number of unbranched alkanes of at least 4 members (excludes halogenated alkanes) is 11. The number of rotatable bonds is 17. The molecule has 0 aliphatic heterocycles. The molecule has 34 heavy (non-hydrogen) atoms. The molecule has 0 spiro atoms. The van der Waals surface area contributed by atoms with Crippen LogP contribution in [0.5, 0.6) is 0 Å². The number of thiophene rings is 2. The summed E-state index contributed by atoms with van der Waals surface area (Å²) in [6, 6.07) is 5.19. The summed E-state index contributed by atoms with van der Waals surface area (Å²) in [6.45, 7) is 14.5. The molecule has 0 saturated carbocycles. The van der Waals surface area contributed by atoms with Gasteiger partial charge in [-0.05, 0) is 61.8 Å². The zero-order chi connectivity index (χ0) is 24.6. The molecule has 2 aromatic rings. The fraction of sp³-hybridized carbons (Fsp3) is 0.750. The van der Waals surface area contributed by atoms with Gasteiger partial charge in [0.2, 0.25) is 0 Å². The standard InChI is InChI=1S/C32H52S2/c1-7-10-12-14-15-16-18-20-22-32(31(6,9-3)21-19-17-13-11-8-2)27-23-25(4)33-29(27)30-28(32)24-26(5)34-30/h23-24H,7-22H2,1-6H3. The Morgan fingerprint density at radius 3 is 1.56 bits per heavy atom. The molecule has 0 saturated heterocycles. The predicted octanol–water partition coefficient (Wildman–Crippen LogP) is 12.0. The van der Waals surface area contributed by atoms with E-state index in [0.717, 1.165) is 0 Å². The van der Waals surface area contributed by atoms with E-state index >= 15 is 0 Å². The minimum Gasteiger partial charge on any atom is -0.139 e. The summed E-state index contributed by atoms with van der Waals surface area (Å²) in [4.78, 5) is 6.25. The highest BCUT2D eigenvalue weighted by molar-refractivity contribution is 7.22. The number of hydrogen-bond acceptors (Lipinski definition) is 2. The lowest BCUT2D eigenvalue weighted by Gasteiger charge is -2.48. The highest BCUT2D eigenvalue weighted by atomic mass is 32.1. The molecular formula is C32H52S2. The van der Waals surface area contributed by atoms with Crippen LogP contribution in [0.25, 0.3) is 9.75 Å². The van der Waals surface area contributed by atoms with Gasteiger partial charge in [0.15, 0.2) is 0 Å². The van der Waals surface area contributed by atoms with Gasteiger partial charge in [0.1, 0.15) is 0 Å². The molecular weight excluding hydrogens is 448 g/mol. The monoisotopic (exact) mass is 500 g/mol. The second-order valence-corrected chi connectivity index (χ2v) is 13.9. The van der Waals surface area contributed by atoms with Crippen molar-refractivity contribution in [2.24, 2.45) is 5.41 Å². The molecule has 0 bridgehead atoms. The van der Waals surface area contributed by atoms with Crippen LogP contribution >= 0.6 is 22.7 Å². The lowest BCUT2D eigenvalue weighted by Crippen LogP contribution is -2.43. The van der Waals surface area contributed by atoms with Crippen LogP contribution in [0.3, 0.4) is 0 Å². The molecule has 1 aliphatic carbocycles. The van der Waals surface area contributed by atoms with E-state index in [-0.39, 0.29) is 5.41 Å². The highest BCUT2D eigenvalue weighted by Crippen LogP contribution is 2.65. The first kappa shape index (κ1) is 28.0. The summed E-state index contributed by atoms with van der Waals surface area (Å²) >= 11 is 4.12. The molecule has 0 radical (unpaired) electrons. The van der Waals surface area contributed by atoms with Crippen LogP contribution < -0.4 is 0 Å². The number of aryl methyl sites for hydroxylation is 2. The number of hydrogen-bond donors (Lipinski definition) is 0. The molecule has 2 aromatic heterocycles. The topological polar surface area (TPSA) is 0 Å². The Labute approximate surface area is 220 Å². The lowest BCUT2D eigenvalue weighted by atomic mass is 9.55. The first-order valence-corrected chi connectivity index (χ1v) is 16.3. The summed E-state index contributed by atoms with van der Waals surface area (Å²) < 4.78 is 0. The van der Waals surface area contributed by atoms with Crippen LogP contribution in [-0.4, -0.2) is 0 Å². The largest absolute Gasteiger partial charge is 0.139 e. The van der Waals surface area contributed by atoms with Gasteiger partial charge >= 0.3 is 0 Å². The minimum atomic E-state index is 0.217. The third-order valence-corrected chi connectivity index (χ3v) is 11.1. The SMILES string of the molecule is CCCCCCCCCCC1(C(C)(CC)CCCCCCC)c2cc(C)sc2-c2sc(C)cc21. The predicted molar refractivity (Wildman–Crippen MR) is 157 cm³/mol. The van der Waals surface area contributed by atoms with Gasteiger partial charge in [-0.1, -0.05) is 111 Å². The quantitative estimate of drug-likeness (QED) is 0.189. The Kier molecular flexibility index (Phi) is 10.8. The van der Waals surface area contributed by atoms with Crippen LogP contribution in [0.4, 0.5) is 0 Å². The Morgan fingerprint density at radius 2 is 1.09 bits per heavy atom. The Hall–Kier alpha value is -0.600. The van der Waals surface area contributed by atoms with E-state index in [1.165, 1.54) is 112 Å². The molecule has 0 aromatic carbocycles. The van der Waals surface area contributed by atoms with Crippen LogP contribution in [0, 0.1) is 19.3 Å². The van der Waals surface area contributed by atoms with Crippen molar-refractivity contribution in [3.8, 4) is 9.75 Å². The van der Waals surface area contributed by atoms with Gasteiger partial charge in [-0.2, -0.15) is 0 Å². The summed E-state index contributed by atoms with van der Waals surface area (Å²) in [7, 11) is 0. The molecule has 0 nitrogen and oxygen atoms in total. The summed E-state index contributed by atoms with van der Waals surface area (Å²) in [5.41, 5.74) is 3.96.